The Morgan fingerprint density at radius 3 is 2.43 bits per heavy atom. The van der Waals surface area contributed by atoms with Crippen LogP contribution in [0, 0.1) is 0 Å². The van der Waals surface area contributed by atoms with E-state index < -0.39 is 0 Å². The normalized spacial score (nSPS) is 9.67. The van der Waals surface area contributed by atoms with Crippen molar-refractivity contribution in [3.63, 3.8) is 0 Å². The smallest absolute Gasteiger partial charge is 0.224 e. The van der Waals surface area contributed by atoms with Crippen LogP contribution >= 0.6 is 24.8 Å². The number of methoxy groups -OCH3 is 1. The minimum atomic E-state index is 0. The lowest BCUT2D eigenvalue weighted by molar-refractivity contribution is -0.120. The average Bonchev–Trinajstić information content (AvgIpc) is 2.39. The van der Waals surface area contributed by atoms with E-state index in [4.69, 9.17) is 10.5 Å². The maximum atomic E-state index is 11.7. The second kappa shape index (κ2) is 12.7. The summed E-state index contributed by atoms with van der Waals surface area (Å²) in [4.78, 5) is 13.8. The van der Waals surface area contributed by atoms with Crippen molar-refractivity contribution in [2.45, 2.75) is 6.42 Å². The van der Waals surface area contributed by atoms with Gasteiger partial charge in [-0.1, -0.05) is 12.1 Å². The van der Waals surface area contributed by atoms with E-state index >= 15 is 0 Å². The molecular formula is C14H25Cl2N3O2. The number of hydrogen-bond acceptors (Lipinski definition) is 4. The van der Waals surface area contributed by atoms with Crippen molar-refractivity contribution < 1.29 is 9.53 Å². The first-order valence-corrected chi connectivity index (χ1v) is 6.40. The van der Waals surface area contributed by atoms with Gasteiger partial charge in [0.25, 0.3) is 0 Å². The van der Waals surface area contributed by atoms with Crippen LogP contribution in [-0.2, 0) is 16.0 Å². The topological polar surface area (TPSA) is 67.6 Å². The molecule has 0 saturated heterocycles. The molecule has 0 aromatic heterocycles. The van der Waals surface area contributed by atoms with E-state index in [-0.39, 0.29) is 30.7 Å². The van der Waals surface area contributed by atoms with Crippen molar-refractivity contribution in [1.82, 2.24) is 10.2 Å². The number of nitrogens with zero attached hydrogens (tertiary/aromatic N) is 1. The average molecular weight is 338 g/mol. The Labute approximate surface area is 139 Å². The molecule has 0 bridgehead atoms. The molecule has 0 unspecified atom stereocenters. The van der Waals surface area contributed by atoms with Gasteiger partial charge in [0.15, 0.2) is 0 Å². The van der Waals surface area contributed by atoms with E-state index in [1.807, 2.05) is 19.2 Å². The number of amides is 1. The molecule has 0 heterocycles. The maximum Gasteiger partial charge on any atom is 0.224 e. The van der Waals surface area contributed by atoms with E-state index in [1.165, 1.54) is 0 Å². The number of rotatable bonds is 8. The first-order chi connectivity index (χ1) is 9.11. The van der Waals surface area contributed by atoms with Crippen molar-refractivity contribution in [2.75, 3.05) is 46.1 Å². The lowest BCUT2D eigenvalue weighted by Gasteiger charge is -2.16. The van der Waals surface area contributed by atoms with E-state index in [1.54, 1.807) is 19.2 Å². The summed E-state index contributed by atoms with van der Waals surface area (Å²) in [6.45, 7) is 3.03. The molecule has 0 atom stereocenters. The van der Waals surface area contributed by atoms with Gasteiger partial charge in [-0.05, 0) is 24.7 Å². The molecule has 0 fully saturated rings. The number of likely N-dealkylation sites (N-methyl/N-ethyl adjacent to an activating group) is 1. The molecule has 0 aliphatic carbocycles. The van der Waals surface area contributed by atoms with Crippen LogP contribution < -0.4 is 11.1 Å². The highest BCUT2D eigenvalue weighted by Crippen LogP contribution is 2.05. The Kier molecular flexibility index (Phi) is 13.5. The van der Waals surface area contributed by atoms with Gasteiger partial charge in [0.05, 0.1) is 13.0 Å². The summed E-state index contributed by atoms with van der Waals surface area (Å²) in [5.74, 6) is 0.0323. The number of carbonyl (C=O) groups is 1. The van der Waals surface area contributed by atoms with Crippen LogP contribution in [0.3, 0.4) is 0 Å². The Hall–Kier alpha value is -1.01. The number of nitrogen functional groups attached to an aromatic ring is 1. The van der Waals surface area contributed by atoms with Crippen molar-refractivity contribution in [3.05, 3.63) is 29.8 Å². The molecule has 1 aromatic rings. The Morgan fingerprint density at radius 1 is 1.24 bits per heavy atom. The number of anilines is 1. The number of halogens is 2. The van der Waals surface area contributed by atoms with Gasteiger partial charge in [-0.2, -0.15) is 0 Å². The number of carbonyl (C=O) groups excluding carboxylic acids is 1. The largest absolute Gasteiger partial charge is 0.399 e. The van der Waals surface area contributed by atoms with Crippen LogP contribution in [-0.4, -0.2) is 51.2 Å². The van der Waals surface area contributed by atoms with Gasteiger partial charge in [-0.25, -0.2) is 0 Å². The molecule has 7 heteroatoms. The van der Waals surface area contributed by atoms with Crippen molar-refractivity contribution >= 4 is 36.4 Å². The maximum absolute atomic E-state index is 11.7. The molecule has 122 valence electrons. The molecule has 0 radical (unpaired) electrons. The van der Waals surface area contributed by atoms with E-state index in [0.29, 0.717) is 25.3 Å². The predicted octanol–water partition coefficient (Wildman–Crippen LogP) is 1.35. The van der Waals surface area contributed by atoms with E-state index in [0.717, 1.165) is 18.7 Å². The molecule has 0 saturated carbocycles. The number of nitrogens with one attached hydrogen (secondary N) is 1. The summed E-state index contributed by atoms with van der Waals surface area (Å²) in [6.07, 6.45) is 0.391. The molecule has 1 amide bonds. The van der Waals surface area contributed by atoms with Crippen LogP contribution in [0.5, 0.6) is 0 Å². The van der Waals surface area contributed by atoms with Crippen LogP contribution in [0.25, 0.3) is 0 Å². The molecule has 0 aliphatic rings. The molecule has 1 aromatic carbocycles. The fourth-order valence-electron chi connectivity index (χ4n) is 1.63. The molecule has 3 N–H and O–H groups in total. The SMILES string of the molecule is COCCN(C)CCNC(=O)Cc1ccc(N)cc1.Cl.Cl. The van der Waals surface area contributed by atoms with Crippen LogP contribution in [0.4, 0.5) is 5.69 Å². The number of hydrogen-bond donors (Lipinski definition) is 2. The molecular weight excluding hydrogens is 313 g/mol. The van der Waals surface area contributed by atoms with Crippen molar-refractivity contribution in [1.29, 1.82) is 0 Å². The Bertz CT molecular complexity index is 388. The van der Waals surface area contributed by atoms with Crippen LogP contribution in [0.15, 0.2) is 24.3 Å². The van der Waals surface area contributed by atoms with Gasteiger partial charge >= 0.3 is 0 Å². The second-order valence-corrected chi connectivity index (χ2v) is 4.56. The molecule has 1 rings (SSSR count). The van der Waals surface area contributed by atoms with Gasteiger partial charge in [-0.15, -0.1) is 24.8 Å². The lowest BCUT2D eigenvalue weighted by Crippen LogP contribution is -2.35. The minimum absolute atomic E-state index is 0. The highest BCUT2D eigenvalue weighted by molar-refractivity contribution is 5.85. The third-order valence-electron chi connectivity index (χ3n) is 2.84. The third kappa shape index (κ3) is 10.4. The Morgan fingerprint density at radius 2 is 1.86 bits per heavy atom. The van der Waals surface area contributed by atoms with Crippen molar-refractivity contribution in [2.24, 2.45) is 0 Å². The second-order valence-electron chi connectivity index (χ2n) is 4.56. The molecule has 0 aliphatic heterocycles. The van der Waals surface area contributed by atoms with Gasteiger partial charge in [0.1, 0.15) is 0 Å². The summed E-state index contributed by atoms with van der Waals surface area (Å²) in [7, 11) is 3.69. The zero-order valence-electron chi connectivity index (χ0n) is 12.5. The number of nitrogens with two attached hydrogens (primary N) is 1. The van der Waals surface area contributed by atoms with Crippen molar-refractivity contribution in [3.8, 4) is 0 Å². The summed E-state index contributed by atoms with van der Waals surface area (Å²) >= 11 is 0. The summed E-state index contributed by atoms with van der Waals surface area (Å²) in [6, 6.07) is 7.36. The monoisotopic (exact) mass is 337 g/mol. The van der Waals surface area contributed by atoms with E-state index in [9.17, 15) is 4.79 Å². The van der Waals surface area contributed by atoms with Crippen LogP contribution in [0.2, 0.25) is 0 Å². The summed E-state index contributed by atoms with van der Waals surface area (Å²) in [5.41, 5.74) is 7.28. The Balaban J connectivity index is 0. The highest BCUT2D eigenvalue weighted by Gasteiger charge is 2.03. The highest BCUT2D eigenvalue weighted by atomic mass is 35.5. The minimum Gasteiger partial charge on any atom is -0.399 e. The summed E-state index contributed by atoms with van der Waals surface area (Å²) < 4.78 is 4.99. The first-order valence-electron chi connectivity index (χ1n) is 6.40. The molecule has 0 spiro atoms. The zero-order chi connectivity index (χ0) is 14.1. The molecule has 5 nitrogen and oxygen atoms in total. The van der Waals surface area contributed by atoms with Gasteiger partial charge in [0, 0.05) is 32.4 Å². The van der Waals surface area contributed by atoms with Gasteiger partial charge < -0.3 is 20.7 Å². The predicted molar refractivity (Wildman–Crippen MR) is 91.4 cm³/mol. The van der Waals surface area contributed by atoms with Crippen LogP contribution in [0.1, 0.15) is 5.56 Å². The van der Waals surface area contributed by atoms with Gasteiger partial charge in [0.2, 0.25) is 5.91 Å². The first kappa shape index (κ1) is 22.3. The zero-order valence-corrected chi connectivity index (χ0v) is 14.1. The van der Waals surface area contributed by atoms with Gasteiger partial charge in [-0.3, -0.25) is 4.79 Å². The quantitative estimate of drug-likeness (QED) is 0.702. The fraction of sp³-hybridized carbons (Fsp3) is 0.500. The number of benzene rings is 1. The standard InChI is InChI=1S/C14H23N3O2.2ClH/c1-17(9-10-19-2)8-7-16-14(18)11-12-3-5-13(15)6-4-12;;/h3-6H,7-11,15H2,1-2H3,(H,16,18);2*1H. The third-order valence-corrected chi connectivity index (χ3v) is 2.84. The molecule has 21 heavy (non-hydrogen) atoms. The van der Waals surface area contributed by atoms with E-state index in [2.05, 4.69) is 10.2 Å². The lowest BCUT2D eigenvalue weighted by atomic mass is 10.1. The summed E-state index contributed by atoms with van der Waals surface area (Å²) in [5, 5.41) is 2.90. The number of ether oxygens (including phenoxy) is 1. The fourth-order valence-corrected chi connectivity index (χ4v) is 1.63.